The zero-order valence-electron chi connectivity index (χ0n) is 13.6. The second-order valence-electron chi connectivity index (χ2n) is 4.92. The molecule has 0 aliphatic rings. The lowest BCUT2D eigenvalue weighted by atomic mass is 10.1. The maximum absolute atomic E-state index is 10.8. The molecule has 2 rings (SSSR count). The molecule has 0 aliphatic carbocycles. The molecule has 0 saturated heterocycles. The Hall–Kier alpha value is -3.09. The van der Waals surface area contributed by atoms with Crippen molar-refractivity contribution in [3.8, 4) is 11.5 Å². The van der Waals surface area contributed by atoms with E-state index in [0.29, 0.717) is 22.6 Å². The van der Waals surface area contributed by atoms with Gasteiger partial charge >= 0.3 is 0 Å². The van der Waals surface area contributed by atoms with E-state index < -0.39 is 11.0 Å². The average molecular weight is 330 g/mol. The Bertz CT molecular complexity index is 746. The van der Waals surface area contributed by atoms with E-state index in [2.05, 4.69) is 5.16 Å². The van der Waals surface area contributed by atoms with Crippen LogP contribution in [0.25, 0.3) is 0 Å². The molecule has 0 unspecified atom stereocenters. The monoisotopic (exact) mass is 330 g/mol. The Balaban J connectivity index is 2.11. The highest BCUT2D eigenvalue weighted by molar-refractivity contribution is 5.84. The minimum Gasteiger partial charge on any atom is -0.493 e. The molecular weight excluding hydrogens is 312 g/mol. The summed E-state index contributed by atoms with van der Waals surface area (Å²) in [7, 11) is 3.10. The molecular formula is C17H18N2O5. The molecule has 0 bridgehead atoms. The highest BCUT2D eigenvalue weighted by Crippen LogP contribution is 2.29. The lowest BCUT2D eigenvalue weighted by Crippen LogP contribution is -1.99. The molecule has 0 aromatic heterocycles. The summed E-state index contributed by atoms with van der Waals surface area (Å²) in [5.74, 6) is 1.14. The van der Waals surface area contributed by atoms with Crippen LogP contribution in [-0.4, -0.2) is 25.4 Å². The van der Waals surface area contributed by atoms with E-state index in [1.807, 2.05) is 12.1 Å². The topological polar surface area (TPSA) is 83.2 Å². The third-order valence-corrected chi connectivity index (χ3v) is 3.39. The highest BCUT2D eigenvalue weighted by Gasteiger charge is 2.12. The second-order valence-corrected chi connectivity index (χ2v) is 4.92. The molecule has 24 heavy (non-hydrogen) atoms. The van der Waals surface area contributed by atoms with Crippen molar-refractivity contribution in [1.29, 1.82) is 0 Å². The molecule has 7 nitrogen and oxygen atoms in total. The largest absolute Gasteiger partial charge is 0.493 e. The van der Waals surface area contributed by atoms with Crippen molar-refractivity contribution in [2.24, 2.45) is 5.16 Å². The van der Waals surface area contributed by atoms with Crippen LogP contribution in [0.3, 0.4) is 0 Å². The number of hydrogen-bond acceptors (Lipinski definition) is 6. The predicted octanol–water partition coefficient (Wildman–Crippen LogP) is 3.72. The molecule has 0 heterocycles. The highest BCUT2D eigenvalue weighted by atomic mass is 16.6. The number of methoxy groups -OCH3 is 2. The maximum Gasteiger partial charge on any atom is 0.269 e. The van der Waals surface area contributed by atoms with Gasteiger partial charge in [-0.25, -0.2) is 0 Å². The van der Waals surface area contributed by atoms with Crippen LogP contribution < -0.4 is 9.47 Å². The summed E-state index contributed by atoms with van der Waals surface area (Å²) in [5, 5.41) is 14.8. The van der Waals surface area contributed by atoms with Gasteiger partial charge in [-0.05, 0) is 19.1 Å². The number of nitrogens with zero attached hydrogens (tertiary/aromatic N) is 2. The van der Waals surface area contributed by atoms with Crippen LogP contribution in [-0.2, 0) is 4.84 Å². The summed E-state index contributed by atoms with van der Waals surface area (Å²) in [5.41, 5.74) is 1.38. The number of para-hydroxylation sites is 1. The second kappa shape index (κ2) is 7.96. The van der Waals surface area contributed by atoms with Crippen molar-refractivity contribution >= 4 is 11.9 Å². The van der Waals surface area contributed by atoms with Crippen LogP contribution in [0.4, 0.5) is 5.69 Å². The first-order valence-electron chi connectivity index (χ1n) is 7.21. The molecule has 126 valence electrons. The van der Waals surface area contributed by atoms with E-state index in [1.165, 1.54) is 18.3 Å². The van der Waals surface area contributed by atoms with Crippen molar-refractivity contribution in [2.45, 2.75) is 13.0 Å². The summed E-state index contributed by atoms with van der Waals surface area (Å²) >= 11 is 0. The van der Waals surface area contributed by atoms with Crippen molar-refractivity contribution < 1.29 is 19.2 Å². The van der Waals surface area contributed by atoms with Gasteiger partial charge < -0.3 is 14.3 Å². The number of rotatable bonds is 7. The quantitative estimate of drug-likeness (QED) is 0.439. The molecule has 7 heteroatoms. The summed E-state index contributed by atoms with van der Waals surface area (Å²) in [6, 6.07) is 11.7. The van der Waals surface area contributed by atoms with Gasteiger partial charge in [0.1, 0.15) is 6.10 Å². The van der Waals surface area contributed by atoms with Crippen LogP contribution >= 0.6 is 0 Å². The molecule has 0 radical (unpaired) electrons. The van der Waals surface area contributed by atoms with Crippen LogP contribution in [0.5, 0.6) is 11.5 Å². The smallest absolute Gasteiger partial charge is 0.269 e. The fourth-order valence-corrected chi connectivity index (χ4v) is 2.14. The average Bonchev–Trinajstić information content (AvgIpc) is 2.61. The number of non-ortho nitro benzene ring substituents is 1. The van der Waals surface area contributed by atoms with Gasteiger partial charge in [-0.2, -0.15) is 0 Å². The molecule has 0 N–H and O–H groups in total. The summed E-state index contributed by atoms with van der Waals surface area (Å²) in [6.07, 6.45) is 1.08. The summed E-state index contributed by atoms with van der Waals surface area (Å²) in [6.45, 7) is 1.76. The summed E-state index contributed by atoms with van der Waals surface area (Å²) < 4.78 is 10.5. The first kappa shape index (κ1) is 17.3. The number of nitro groups is 1. The maximum atomic E-state index is 10.8. The SMILES string of the molecule is COc1cccc(/C=N\O[C@@H](C)c2cccc([N+](=O)[O-])c2)c1OC. The first-order chi connectivity index (χ1) is 11.6. The first-order valence-corrected chi connectivity index (χ1v) is 7.21. The minimum atomic E-state index is -0.444. The van der Waals surface area contributed by atoms with Gasteiger partial charge in [0, 0.05) is 23.3 Å². The molecule has 0 spiro atoms. The van der Waals surface area contributed by atoms with Gasteiger partial charge in [0.25, 0.3) is 5.69 Å². The normalized spacial score (nSPS) is 12.0. The Morgan fingerprint density at radius 1 is 1.17 bits per heavy atom. The molecule has 2 aromatic carbocycles. The Morgan fingerprint density at radius 2 is 1.92 bits per heavy atom. The number of nitro benzene ring substituents is 1. The Kier molecular flexibility index (Phi) is 5.73. The van der Waals surface area contributed by atoms with Crippen LogP contribution in [0.2, 0.25) is 0 Å². The Morgan fingerprint density at radius 3 is 2.58 bits per heavy atom. The van der Waals surface area contributed by atoms with E-state index in [0.717, 1.165) is 0 Å². The van der Waals surface area contributed by atoms with Crippen LogP contribution in [0.15, 0.2) is 47.6 Å². The molecule has 0 amide bonds. The van der Waals surface area contributed by atoms with E-state index in [1.54, 1.807) is 39.3 Å². The number of ether oxygens (including phenoxy) is 2. The lowest BCUT2D eigenvalue weighted by molar-refractivity contribution is -0.385. The van der Waals surface area contributed by atoms with Crippen molar-refractivity contribution in [2.75, 3.05) is 14.2 Å². The van der Waals surface area contributed by atoms with E-state index >= 15 is 0 Å². The minimum absolute atomic E-state index is 0.0152. The third kappa shape index (κ3) is 4.01. The Labute approximate surface area is 139 Å². The molecule has 0 saturated carbocycles. The fourth-order valence-electron chi connectivity index (χ4n) is 2.14. The van der Waals surface area contributed by atoms with Crippen molar-refractivity contribution in [3.63, 3.8) is 0 Å². The fraction of sp³-hybridized carbons (Fsp3) is 0.235. The summed E-state index contributed by atoms with van der Waals surface area (Å²) in [4.78, 5) is 15.8. The zero-order valence-corrected chi connectivity index (χ0v) is 13.6. The molecule has 1 atom stereocenters. The third-order valence-electron chi connectivity index (χ3n) is 3.39. The van der Waals surface area contributed by atoms with Gasteiger partial charge in [-0.3, -0.25) is 10.1 Å². The van der Waals surface area contributed by atoms with E-state index in [9.17, 15) is 10.1 Å². The molecule has 0 aliphatic heterocycles. The number of benzene rings is 2. The van der Waals surface area contributed by atoms with Crippen molar-refractivity contribution in [1.82, 2.24) is 0 Å². The van der Waals surface area contributed by atoms with Gasteiger partial charge in [0.2, 0.25) is 0 Å². The number of hydrogen-bond donors (Lipinski definition) is 0. The van der Waals surface area contributed by atoms with Gasteiger partial charge in [-0.1, -0.05) is 23.4 Å². The van der Waals surface area contributed by atoms with Gasteiger partial charge in [-0.15, -0.1) is 0 Å². The predicted molar refractivity (Wildman–Crippen MR) is 89.7 cm³/mol. The van der Waals surface area contributed by atoms with Gasteiger partial charge in [0.05, 0.1) is 25.4 Å². The molecule has 2 aromatic rings. The van der Waals surface area contributed by atoms with Crippen LogP contribution in [0.1, 0.15) is 24.2 Å². The standard InChI is InChI=1S/C17H18N2O5/c1-12(13-6-4-8-15(10-13)19(20)21)24-18-11-14-7-5-9-16(22-2)17(14)23-3/h4-12H,1-3H3/b18-11-/t12-/m0/s1. The van der Waals surface area contributed by atoms with E-state index in [-0.39, 0.29) is 5.69 Å². The van der Waals surface area contributed by atoms with Crippen molar-refractivity contribution in [3.05, 3.63) is 63.7 Å². The zero-order chi connectivity index (χ0) is 17.5. The van der Waals surface area contributed by atoms with E-state index in [4.69, 9.17) is 14.3 Å². The number of oxime groups is 1. The van der Waals surface area contributed by atoms with Gasteiger partial charge in [0.15, 0.2) is 11.5 Å². The molecule has 0 fully saturated rings. The lowest BCUT2D eigenvalue weighted by Gasteiger charge is -2.11. The van der Waals surface area contributed by atoms with Crippen LogP contribution in [0, 0.1) is 10.1 Å².